The van der Waals surface area contributed by atoms with E-state index in [9.17, 15) is 9.59 Å². The van der Waals surface area contributed by atoms with Gasteiger partial charge in [-0.25, -0.2) is 19.3 Å². The number of ether oxygens (including phenoxy) is 2. The fourth-order valence-corrected chi connectivity index (χ4v) is 4.97. The van der Waals surface area contributed by atoms with E-state index in [0.717, 1.165) is 13.1 Å². The van der Waals surface area contributed by atoms with Gasteiger partial charge >= 0.3 is 5.69 Å². The minimum absolute atomic E-state index is 0.166. The highest BCUT2D eigenvalue weighted by molar-refractivity contribution is 6.01. The molecule has 11 nitrogen and oxygen atoms in total. The first-order chi connectivity index (χ1) is 21.0. The van der Waals surface area contributed by atoms with E-state index in [-0.39, 0.29) is 17.4 Å². The van der Waals surface area contributed by atoms with Gasteiger partial charge in [0, 0.05) is 38.4 Å². The molecule has 1 saturated heterocycles. The van der Waals surface area contributed by atoms with E-state index >= 15 is 0 Å². The molecule has 0 atom stereocenters. The maximum Gasteiger partial charge on any atom is 0.339 e. The molecular formula is C32H31N7O4. The van der Waals surface area contributed by atoms with Crippen LogP contribution in [0.25, 0.3) is 22.5 Å². The molecule has 0 unspecified atom stereocenters. The van der Waals surface area contributed by atoms with E-state index in [4.69, 9.17) is 15.2 Å². The minimum Gasteiger partial charge on any atom is -0.457 e. The number of para-hydroxylation sites is 1. The van der Waals surface area contributed by atoms with Crippen molar-refractivity contribution >= 4 is 28.6 Å². The van der Waals surface area contributed by atoms with Crippen molar-refractivity contribution in [1.29, 1.82) is 0 Å². The molecule has 1 aliphatic rings. The van der Waals surface area contributed by atoms with Gasteiger partial charge in [0.1, 0.15) is 23.3 Å². The predicted molar refractivity (Wildman–Crippen MR) is 165 cm³/mol. The predicted octanol–water partition coefficient (Wildman–Crippen LogP) is 3.80. The van der Waals surface area contributed by atoms with Crippen molar-refractivity contribution < 1.29 is 14.3 Å². The number of benzene rings is 3. The number of imidazole rings is 1. The van der Waals surface area contributed by atoms with Gasteiger partial charge in [-0.3, -0.25) is 14.3 Å². The van der Waals surface area contributed by atoms with Gasteiger partial charge < -0.3 is 20.1 Å². The molecule has 1 aliphatic heterocycles. The van der Waals surface area contributed by atoms with Crippen LogP contribution < -0.4 is 21.1 Å². The Balaban J connectivity index is 1.30. The van der Waals surface area contributed by atoms with Crippen LogP contribution in [0.15, 0.2) is 102 Å². The van der Waals surface area contributed by atoms with Crippen LogP contribution in [0, 0.1) is 0 Å². The maximum atomic E-state index is 14.0. The molecule has 0 radical (unpaired) electrons. The fourth-order valence-electron chi connectivity index (χ4n) is 4.97. The summed E-state index contributed by atoms with van der Waals surface area (Å²) in [5.41, 5.74) is 8.36. The van der Waals surface area contributed by atoms with Gasteiger partial charge in [-0.05, 0) is 54.6 Å². The first-order valence-electron chi connectivity index (χ1n) is 13.9. The number of morpholine rings is 1. The van der Waals surface area contributed by atoms with Crippen LogP contribution in [0.4, 0.5) is 11.5 Å². The largest absolute Gasteiger partial charge is 0.457 e. The summed E-state index contributed by atoms with van der Waals surface area (Å²) in [7, 11) is 1.70. The minimum atomic E-state index is -0.379. The highest BCUT2D eigenvalue weighted by Crippen LogP contribution is 2.27. The number of rotatable bonds is 8. The monoisotopic (exact) mass is 577 g/mol. The van der Waals surface area contributed by atoms with Gasteiger partial charge in [0.05, 0.1) is 24.6 Å². The van der Waals surface area contributed by atoms with Crippen molar-refractivity contribution in [3.8, 4) is 22.9 Å². The van der Waals surface area contributed by atoms with Crippen LogP contribution in [0.5, 0.6) is 11.5 Å². The number of hydrogen-bond donors (Lipinski definition) is 1. The average molecular weight is 578 g/mol. The first kappa shape index (κ1) is 27.9. The van der Waals surface area contributed by atoms with Crippen LogP contribution in [0.2, 0.25) is 0 Å². The molecule has 5 aromatic rings. The number of likely N-dealkylation sites (N-methyl/N-ethyl adjacent to an activating group) is 1. The summed E-state index contributed by atoms with van der Waals surface area (Å²) in [6.45, 7) is 3.78. The number of carbonyl (C=O) groups excluding carboxylic acids is 1. The van der Waals surface area contributed by atoms with Crippen LogP contribution in [0.1, 0.15) is 0 Å². The van der Waals surface area contributed by atoms with Crippen molar-refractivity contribution in [2.75, 3.05) is 50.5 Å². The molecule has 0 aliphatic carbocycles. The zero-order valence-corrected chi connectivity index (χ0v) is 23.7. The van der Waals surface area contributed by atoms with E-state index in [1.165, 1.54) is 15.5 Å². The second-order valence-electron chi connectivity index (χ2n) is 10.0. The molecule has 1 fully saturated rings. The molecule has 1 amide bonds. The average Bonchev–Trinajstić information content (AvgIpc) is 3.35. The molecule has 218 valence electrons. The summed E-state index contributed by atoms with van der Waals surface area (Å²) in [4.78, 5) is 39.3. The molecule has 6 rings (SSSR count). The number of fused-ring (bicyclic) bond motifs is 1. The molecule has 0 bridgehead atoms. The molecule has 0 spiro atoms. The van der Waals surface area contributed by atoms with Gasteiger partial charge in [0.25, 0.3) is 0 Å². The fraction of sp³-hybridized carbons (Fsp3) is 0.188. The van der Waals surface area contributed by atoms with Crippen molar-refractivity contribution in [2.24, 2.45) is 0 Å². The van der Waals surface area contributed by atoms with E-state index in [2.05, 4.69) is 14.9 Å². The third-order valence-corrected chi connectivity index (χ3v) is 7.26. The summed E-state index contributed by atoms with van der Waals surface area (Å²) in [5.74, 6) is 1.32. The summed E-state index contributed by atoms with van der Waals surface area (Å²) in [5, 5.41) is 0. The lowest BCUT2D eigenvalue weighted by atomic mass is 10.2. The topological polar surface area (TPSA) is 121 Å². The molecule has 11 heteroatoms. The lowest BCUT2D eigenvalue weighted by molar-refractivity contribution is -0.113. The normalized spacial score (nSPS) is 13.9. The van der Waals surface area contributed by atoms with Gasteiger partial charge in [-0.1, -0.05) is 30.3 Å². The Bertz CT molecular complexity index is 1820. The van der Waals surface area contributed by atoms with Crippen LogP contribution >= 0.6 is 0 Å². The molecule has 0 saturated carbocycles. The molecule has 3 heterocycles. The van der Waals surface area contributed by atoms with Crippen molar-refractivity contribution in [2.45, 2.75) is 0 Å². The van der Waals surface area contributed by atoms with Crippen molar-refractivity contribution in [1.82, 2.24) is 24.0 Å². The number of nitrogen functional groups attached to an aromatic ring is 1. The van der Waals surface area contributed by atoms with Gasteiger partial charge in [-0.2, -0.15) is 0 Å². The van der Waals surface area contributed by atoms with Gasteiger partial charge in [0.2, 0.25) is 5.91 Å². The second kappa shape index (κ2) is 12.3. The Morgan fingerprint density at radius 3 is 2.47 bits per heavy atom. The lowest BCUT2D eigenvalue weighted by Gasteiger charge is -2.25. The molecule has 2 aromatic heterocycles. The number of amides is 1. The van der Waals surface area contributed by atoms with Crippen molar-refractivity contribution in [3.05, 3.63) is 108 Å². The Morgan fingerprint density at radius 2 is 1.70 bits per heavy atom. The van der Waals surface area contributed by atoms with E-state index in [1.807, 2.05) is 42.5 Å². The maximum absolute atomic E-state index is 14.0. The van der Waals surface area contributed by atoms with Crippen LogP contribution in [0.3, 0.4) is 0 Å². The molecule has 2 N–H and O–H groups in total. The summed E-state index contributed by atoms with van der Waals surface area (Å²) in [6, 6.07) is 23.7. The zero-order valence-electron chi connectivity index (χ0n) is 23.7. The van der Waals surface area contributed by atoms with Crippen LogP contribution in [-0.4, -0.2) is 69.8 Å². The lowest BCUT2D eigenvalue weighted by Crippen LogP contribution is -2.36. The number of hydrogen-bond acceptors (Lipinski definition) is 8. The van der Waals surface area contributed by atoms with Crippen molar-refractivity contribution in [3.63, 3.8) is 0 Å². The Hall–Kier alpha value is -5.26. The number of carbonyl (C=O) groups is 1. The summed E-state index contributed by atoms with van der Waals surface area (Å²) < 4.78 is 14.2. The Kier molecular flexibility index (Phi) is 7.98. The zero-order chi connectivity index (χ0) is 29.8. The Morgan fingerprint density at radius 1 is 0.953 bits per heavy atom. The van der Waals surface area contributed by atoms with Gasteiger partial charge in [-0.15, -0.1) is 0 Å². The number of anilines is 2. The summed E-state index contributed by atoms with van der Waals surface area (Å²) >= 11 is 0. The third-order valence-electron chi connectivity index (χ3n) is 7.26. The first-order valence-corrected chi connectivity index (χ1v) is 13.9. The van der Waals surface area contributed by atoms with Crippen LogP contribution in [-0.2, 0) is 9.53 Å². The molecule has 3 aromatic carbocycles. The Labute approximate surface area is 248 Å². The second-order valence-corrected chi connectivity index (χ2v) is 10.0. The SMILES string of the molecule is CN(C(=O)/C=C/CN1CCOCC1)c1cccc(-n2c(=O)n(-c3ccc(Oc4ccccc4)cc3)c3c(N)ncnc32)c1. The number of nitrogens with zero attached hydrogens (tertiary/aromatic N) is 6. The van der Waals surface area contributed by atoms with E-state index in [0.29, 0.717) is 59.5 Å². The third kappa shape index (κ3) is 5.89. The highest BCUT2D eigenvalue weighted by Gasteiger charge is 2.21. The quantitative estimate of drug-likeness (QED) is 0.277. The molecule has 43 heavy (non-hydrogen) atoms. The number of nitrogens with two attached hydrogens (primary N) is 1. The van der Waals surface area contributed by atoms with E-state index in [1.54, 1.807) is 60.5 Å². The molecular weight excluding hydrogens is 546 g/mol. The number of aromatic nitrogens is 4. The van der Waals surface area contributed by atoms with Gasteiger partial charge in [0.15, 0.2) is 11.5 Å². The highest BCUT2D eigenvalue weighted by atomic mass is 16.5. The standard InChI is InChI=1S/C32H31N7O4/c1-36(28(40)11-6-16-37-17-19-42-20-18-37)24-7-5-8-25(21-24)39-31-29(30(33)34-22-35-31)38(32(39)41)23-12-14-27(15-13-23)43-26-9-3-2-4-10-26/h2-15,21-22H,16-20H2,1H3,(H2,33,34,35)/b11-6+. The summed E-state index contributed by atoms with van der Waals surface area (Å²) in [6.07, 6.45) is 4.76. The smallest absolute Gasteiger partial charge is 0.339 e. The van der Waals surface area contributed by atoms with E-state index < -0.39 is 0 Å².